The van der Waals surface area contributed by atoms with Gasteiger partial charge in [0.05, 0.1) is 25.3 Å². The molecule has 0 radical (unpaired) electrons. The van der Waals surface area contributed by atoms with Crippen LogP contribution in [0.3, 0.4) is 0 Å². The Balaban J connectivity index is 1.54. The summed E-state index contributed by atoms with van der Waals surface area (Å²) in [6.07, 6.45) is 6.70. The summed E-state index contributed by atoms with van der Waals surface area (Å²) in [7, 11) is -1.02. The van der Waals surface area contributed by atoms with Crippen LogP contribution >= 0.6 is 0 Å². The van der Waals surface area contributed by atoms with Gasteiger partial charge in [-0.1, -0.05) is 63.0 Å². The van der Waals surface area contributed by atoms with Gasteiger partial charge in [-0.25, -0.2) is 4.79 Å². The van der Waals surface area contributed by atoms with E-state index in [1.54, 1.807) is 24.3 Å². The maximum Gasteiger partial charge on any atom is 0.343 e. The third-order valence-corrected chi connectivity index (χ3v) is 10.9. The van der Waals surface area contributed by atoms with E-state index in [1.165, 1.54) is 55.8 Å². The third kappa shape index (κ3) is 5.80. The molecule has 0 bridgehead atoms. The zero-order valence-corrected chi connectivity index (χ0v) is 18.6. The number of hydrogen-bond donors (Lipinski definition) is 0. The molecule has 1 heterocycles. The maximum atomic E-state index is 12.4. The minimum Gasteiger partial charge on any atom is -0.423 e. The van der Waals surface area contributed by atoms with Crippen molar-refractivity contribution in [3.63, 3.8) is 0 Å². The van der Waals surface area contributed by atoms with Gasteiger partial charge in [-0.15, -0.1) is 0 Å². The highest BCUT2D eigenvalue weighted by Crippen LogP contribution is 2.40. The van der Waals surface area contributed by atoms with Crippen LogP contribution in [-0.4, -0.2) is 14.0 Å². The van der Waals surface area contributed by atoms with Gasteiger partial charge in [-0.3, -0.25) is 0 Å². The van der Waals surface area contributed by atoms with Crippen LogP contribution in [0.4, 0.5) is 0 Å². The van der Waals surface area contributed by atoms with E-state index in [0.29, 0.717) is 22.8 Å². The number of nitriles is 1. The van der Waals surface area contributed by atoms with Crippen molar-refractivity contribution in [1.82, 2.24) is 0 Å². The Hall–Kier alpha value is -2.38. The molecule has 0 aliphatic carbocycles. The lowest BCUT2D eigenvalue weighted by Crippen LogP contribution is -2.34. The quantitative estimate of drug-likeness (QED) is 0.217. The van der Waals surface area contributed by atoms with Crippen LogP contribution in [0.25, 0.3) is 0 Å². The molecule has 0 spiro atoms. The number of benzene rings is 2. The molecule has 0 aromatic heterocycles. The molecule has 1 saturated heterocycles. The lowest BCUT2D eigenvalue weighted by Gasteiger charge is -2.36. The number of ether oxygens (including phenoxy) is 1. The molecule has 4 heteroatoms. The second-order valence-electron chi connectivity index (χ2n) is 8.69. The fraction of sp³-hybridized carbons (Fsp3) is 0.440. The van der Waals surface area contributed by atoms with Crippen LogP contribution in [0.1, 0.15) is 66.4 Å². The van der Waals surface area contributed by atoms with Crippen LogP contribution in [0.5, 0.6) is 5.75 Å². The first-order chi connectivity index (χ1) is 14.0. The summed E-state index contributed by atoms with van der Waals surface area (Å²) in [5.74, 6) is 0.726. The number of unbranched alkanes of at least 4 members (excludes halogenated alkanes) is 2. The number of carbonyl (C=O) groups excluding carboxylic acids is 1. The molecule has 0 N–H and O–H groups in total. The number of hydrogen-bond acceptors (Lipinski definition) is 3. The minimum atomic E-state index is -1.02. The van der Waals surface area contributed by atoms with Gasteiger partial charge in [0.1, 0.15) is 5.75 Å². The first-order valence-corrected chi connectivity index (χ1v) is 14.0. The highest BCUT2D eigenvalue weighted by atomic mass is 28.3. The highest BCUT2D eigenvalue weighted by Gasteiger charge is 2.32. The molecule has 29 heavy (non-hydrogen) atoms. The first kappa shape index (κ1) is 21.3. The summed E-state index contributed by atoms with van der Waals surface area (Å²) in [5, 5.41) is 8.84. The van der Waals surface area contributed by atoms with Crippen molar-refractivity contribution in [3.05, 3.63) is 65.2 Å². The van der Waals surface area contributed by atoms with Gasteiger partial charge in [0.2, 0.25) is 0 Å². The van der Waals surface area contributed by atoms with Crippen molar-refractivity contribution in [1.29, 1.82) is 5.26 Å². The van der Waals surface area contributed by atoms with Crippen molar-refractivity contribution in [3.8, 4) is 11.8 Å². The van der Waals surface area contributed by atoms with Crippen molar-refractivity contribution in [2.45, 2.75) is 69.6 Å². The lowest BCUT2D eigenvalue weighted by molar-refractivity contribution is 0.0734. The molecule has 1 fully saturated rings. The highest BCUT2D eigenvalue weighted by molar-refractivity contribution is 6.78. The van der Waals surface area contributed by atoms with Gasteiger partial charge in [0.15, 0.2) is 0 Å². The minimum absolute atomic E-state index is 0.360. The average molecular weight is 406 g/mol. The number of nitrogens with zero attached hydrogens (tertiary/aromatic N) is 1. The summed E-state index contributed by atoms with van der Waals surface area (Å²) in [4.78, 5) is 12.4. The van der Waals surface area contributed by atoms with Crippen LogP contribution < -0.4 is 4.74 Å². The Morgan fingerprint density at radius 1 is 1.07 bits per heavy atom. The molecule has 0 amide bonds. The SMILES string of the molecule is CCCCC[Si]1(C)CCC(c2ccc(C(=O)Oc3ccc(C#N)cc3)cc2)CC1. The van der Waals surface area contributed by atoms with Crippen molar-refractivity contribution in [2.75, 3.05) is 0 Å². The van der Waals surface area contributed by atoms with E-state index in [9.17, 15) is 4.79 Å². The van der Waals surface area contributed by atoms with Gasteiger partial charge in [-0.05, 0) is 60.7 Å². The standard InChI is InChI=1S/C25H31NO2Si/c1-3-4-5-16-29(2)17-14-22(15-18-29)21-8-10-23(11-9-21)25(27)28-24-12-6-20(19-26)7-13-24/h6-13,22H,3-5,14-18H2,1-2H3. The summed E-state index contributed by atoms with van der Waals surface area (Å²) < 4.78 is 5.42. The predicted octanol–water partition coefficient (Wildman–Crippen LogP) is 6.92. The van der Waals surface area contributed by atoms with E-state index < -0.39 is 8.07 Å². The summed E-state index contributed by atoms with van der Waals surface area (Å²) in [5.41, 5.74) is 2.46. The Labute approximate surface area is 175 Å². The second kappa shape index (κ2) is 9.89. The van der Waals surface area contributed by atoms with E-state index >= 15 is 0 Å². The Kier molecular flexibility index (Phi) is 7.27. The molecule has 2 aromatic rings. The molecular formula is C25H31NO2Si. The molecule has 0 unspecified atom stereocenters. The van der Waals surface area contributed by atoms with E-state index in [1.807, 2.05) is 12.1 Å². The fourth-order valence-corrected chi connectivity index (χ4v) is 8.30. The zero-order chi connectivity index (χ0) is 20.7. The van der Waals surface area contributed by atoms with Crippen molar-refractivity contribution < 1.29 is 9.53 Å². The van der Waals surface area contributed by atoms with E-state index in [4.69, 9.17) is 10.00 Å². The number of carbonyl (C=O) groups is 1. The number of rotatable bonds is 7. The maximum absolute atomic E-state index is 12.4. The molecule has 152 valence electrons. The van der Waals surface area contributed by atoms with Gasteiger partial charge in [-0.2, -0.15) is 5.26 Å². The van der Waals surface area contributed by atoms with Crippen LogP contribution in [-0.2, 0) is 0 Å². The van der Waals surface area contributed by atoms with E-state index in [2.05, 4.69) is 31.7 Å². The monoisotopic (exact) mass is 405 g/mol. The summed E-state index contributed by atoms with van der Waals surface area (Å²) in [6.45, 7) is 4.88. The number of esters is 1. The topological polar surface area (TPSA) is 50.1 Å². The third-order valence-electron chi connectivity index (χ3n) is 6.39. The lowest BCUT2D eigenvalue weighted by atomic mass is 9.93. The molecule has 3 rings (SSSR count). The Morgan fingerprint density at radius 2 is 1.72 bits per heavy atom. The molecule has 0 atom stereocenters. The van der Waals surface area contributed by atoms with E-state index in [0.717, 1.165) is 0 Å². The average Bonchev–Trinajstić information content (AvgIpc) is 2.75. The second-order valence-corrected chi connectivity index (χ2v) is 13.8. The van der Waals surface area contributed by atoms with Crippen molar-refractivity contribution in [2.24, 2.45) is 0 Å². The Bertz CT molecular complexity index is 844. The normalized spacial score (nSPS) is 21.3. The molecular weight excluding hydrogens is 374 g/mol. The van der Waals surface area contributed by atoms with Crippen LogP contribution in [0.15, 0.2) is 48.5 Å². The largest absolute Gasteiger partial charge is 0.423 e. The molecule has 1 aliphatic heterocycles. The van der Waals surface area contributed by atoms with Crippen LogP contribution in [0.2, 0.25) is 24.7 Å². The van der Waals surface area contributed by atoms with Gasteiger partial charge < -0.3 is 4.74 Å². The molecule has 2 aromatic carbocycles. The van der Waals surface area contributed by atoms with Gasteiger partial charge in [0, 0.05) is 0 Å². The molecule has 3 nitrogen and oxygen atoms in total. The van der Waals surface area contributed by atoms with Gasteiger partial charge >= 0.3 is 5.97 Å². The summed E-state index contributed by atoms with van der Waals surface area (Å²) in [6, 6.07) is 21.0. The van der Waals surface area contributed by atoms with E-state index in [-0.39, 0.29) is 5.97 Å². The Morgan fingerprint density at radius 3 is 2.31 bits per heavy atom. The van der Waals surface area contributed by atoms with Gasteiger partial charge in [0.25, 0.3) is 0 Å². The first-order valence-electron chi connectivity index (χ1n) is 10.9. The summed E-state index contributed by atoms with van der Waals surface area (Å²) >= 11 is 0. The fourth-order valence-electron chi connectivity index (χ4n) is 4.35. The molecule has 1 aliphatic rings. The smallest absolute Gasteiger partial charge is 0.343 e. The van der Waals surface area contributed by atoms with Crippen molar-refractivity contribution >= 4 is 14.0 Å². The molecule has 0 saturated carbocycles. The van der Waals surface area contributed by atoms with Crippen LogP contribution in [0, 0.1) is 11.3 Å². The zero-order valence-electron chi connectivity index (χ0n) is 17.6. The predicted molar refractivity (Wildman–Crippen MR) is 120 cm³/mol.